The molecule has 19 heavy (non-hydrogen) atoms. The summed E-state index contributed by atoms with van der Waals surface area (Å²) in [6, 6.07) is 8.81. The molecule has 2 aromatic rings. The van der Waals surface area contributed by atoms with E-state index in [1.165, 1.54) is 12.1 Å². The predicted molar refractivity (Wildman–Crippen MR) is 70.2 cm³/mol. The third-order valence-electron chi connectivity index (χ3n) is 2.52. The lowest BCUT2D eigenvalue weighted by Gasteiger charge is -2.09. The van der Waals surface area contributed by atoms with Crippen molar-refractivity contribution in [1.82, 2.24) is 0 Å². The molecule has 0 atom stereocenters. The Labute approximate surface area is 117 Å². The number of carbonyl (C=O) groups is 1. The van der Waals surface area contributed by atoms with Gasteiger partial charge in [-0.3, -0.25) is 4.79 Å². The molecule has 0 amide bonds. The van der Waals surface area contributed by atoms with Gasteiger partial charge in [-0.2, -0.15) is 0 Å². The summed E-state index contributed by atoms with van der Waals surface area (Å²) in [5.41, 5.74) is 0.276. The van der Waals surface area contributed by atoms with Crippen LogP contribution in [0.1, 0.15) is 15.9 Å². The quantitative estimate of drug-likeness (QED) is 0.624. The van der Waals surface area contributed by atoms with E-state index in [1.54, 1.807) is 18.2 Å². The van der Waals surface area contributed by atoms with Crippen molar-refractivity contribution in [3.05, 3.63) is 63.6 Å². The minimum Gasteiger partial charge on any atom is -0.489 e. The third-order valence-corrected chi connectivity index (χ3v) is 3.13. The van der Waals surface area contributed by atoms with Crippen LogP contribution in [-0.4, -0.2) is 6.29 Å². The zero-order valence-electron chi connectivity index (χ0n) is 9.70. The summed E-state index contributed by atoms with van der Waals surface area (Å²) in [5.74, 6) is -0.984. The molecule has 0 fully saturated rings. The molecule has 0 aliphatic carbocycles. The van der Waals surface area contributed by atoms with E-state index in [2.05, 4.69) is 15.9 Å². The van der Waals surface area contributed by atoms with E-state index in [9.17, 15) is 13.6 Å². The van der Waals surface area contributed by atoms with Crippen molar-refractivity contribution in [3.8, 4) is 5.75 Å². The molecule has 5 heteroatoms. The van der Waals surface area contributed by atoms with Crippen LogP contribution in [-0.2, 0) is 6.61 Å². The van der Waals surface area contributed by atoms with Crippen LogP contribution in [0.2, 0.25) is 0 Å². The second-order valence-electron chi connectivity index (χ2n) is 3.80. The SMILES string of the molecule is O=Cc1cccc(OCc2c(F)ccc(Br)c2F)c1. The average molecular weight is 327 g/mol. The number of ether oxygens (including phenoxy) is 1. The standard InChI is InChI=1S/C14H9BrF2O2/c15-12-4-5-13(16)11(14(12)17)8-19-10-3-1-2-9(6-10)7-18/h1-7H,8H2. The van der Waals surface area contributed by atoms with Gasteiger partial charge in [0.2, 0.25) is 0 Å². The first-order valence-electron chi connectivity index (χ1n) is 5.42. The summed E-state index contributed by atoms with van der Waals surface area (Å²) in [6.45, 7) is -0.251. The van der Waals surface area contributed by atoms with Gasteiger partial charge in [-0.15, -0.1) is 0 Å². The summed E-state index contributed by atoms with van der Waals surface area (Å²) in [7, 11) is 0. The molecule has 0 spiro atoms. The van der Waals surface area contributed by atoms with Crippen LogP contribution in [0, 0.1) is 11.6 Å². The van der Waals surface area contributed by atoms with E-state index in [4.69, 9.17) is 4.74 Å². The largest absolute Gasteiger partial charge is 0.489 e. The zero-order valence-corrected chi connectivity index (χ0v) is 11.3. The molecule has 0 unspecified atom stereocenters. The Balaban J connectivity index is 2.18. The molecule has 0 saturated carbocycles. The molecule has 0 bridgehead atoms. The summed E-state index contributed by atoms with van der Waals surface area (Å²) in [6.07, 6.45) is 0.674. The van der Waals surface area contributed by atoms with E-state index in [0.717, 1.165) is 6.07 Å². The molecule has 0 N–H and O–H groups in total. The van der Waals surface area contributed by atoms with E-state index < -0.39 is 11.6 Å². The summed E-state index contributed by atoms with van der Waals surface area (Å²) in [5, 5.41) is 0. The lowest BCUT2D eigenvalue weighted by Crippen LogP contribution is -2.02. The van der Waals surface area contributed by atoms with Gasteiger partial charge in [-0.05, 0) is 40.2 Å². The normalized spacial score (nSPS) is 10.3. The Morgan fingerprint density at radius 2 is 2.00 bits per heavy atom. The van der Waals surface area contributed by atoms with Crippen molar-refractivity contribution in [2.75, 3.05) is 0 Å². The first kappa shape index (κ1) is 13.7. The third kappa shape index (κ3) is 3.17. The Bertz CT molecular complexity index is 614. The molecule has 0 saturated heterocycles. The Morgan fingerprint density at radius 3 is 2.74 bits per heavy atom. The van der Waals surface area contributed by atoms with Crippen LogP contribution in [0.5, 0.6) is 5.75 Å². The number of benzene rings is 2. The van der Waals surface area contributed by atoms with E-state index in [1.807, 2.05) is 0 Å². The average Bonchev–Trinajstić information content (AvgIpc) is 2.43. The van der Waals surface area contributed by atoms with Crippen LogP contribution in [0.25, 0.3) is 0 Å². The highest BCUT2D eigenvalue weighted by Gasteiger charge is 2.13. The number of halogens is 3. The molecule has 0 aromatic heterocycles. The lowest BCUT2D eigenvalue weighted by atomic mass is 10.2. The monoisotopic (exact) mass is 326 g/mol. The highest BCUT2D eigenvalue weighted by Crippen LogP contribution is 2.23. The molecule has 98 valence electrons. The maximum atomic E-state index is 13.7. The van der Waals surface area contributed by atoms with Gasteiger partial charge in [0, 0.05) is 5.56 Å². The summed E-state index contributed by atoms with van der Waals surface area (Å²) in [4.78, 5) is 10.6. The van der Waals surface area contributed by atoms with E-state index >= 15 is 0 Å². The molecule has 2 nitrogen and oxygen atoms in total. The topological polar surface area (TPSA) is 26.3 Å². The van der Waals surface area contributed by atoms with Gasteiger partial charge in [-0.1, -0.05) is 12.1 Å². The smallest absolute Gasteiger partial charge is 0.150 e. The van der Waals surface area contributed by atoms with E-state index in [-0.39, 0.29) is 16.6 Å². The molecule has 0 aliphatic heterocycles. The Hall–Kier alpha value is -1.75. The number of hydrogen-bond acceptors (Lipinski definition) is 2. The van der Waals surface area contributed by atoms with Gasteiger partial charge >= 0.3 is 0 Å². The fourth-order valence-corrected chi connectivity index (χ4v) is 1.91. The Kier molecular flexibility index (Phi) is 4.27. The van der Waals surface area contributed by atoms with Crippen LogP contribution >= 0.6 is 15.9 Å². The van der Waals surface area contributed by atoms with Gasteiger partial charge in [0.15, 0.2) is 0 Å². The fourth-order valence-electron chi connectivity index (χ4n) is 1.53. The van der Waals surface area contributed by atoms with Gasteiger partial charge in [0.1, 0.15) is 30.3 Å². The van der Waals surface area contributed by atoms with Crippen molar-refractivity contribution in [1.29, 1.82) is 0 Å². The second kappa shape index (κ2) is 5.93. The van der Waals surface area contributed by atoms with Crippen LogP contribution in [0.3, 0.4) is 0 Å². The number of carbonyl (C=O) groups excluding carboxylic acids is 1. The summed E-state index contributed by atoms with van der Waals surface area (Å²) < 4.78 is 32.6. The number of rotatable bonds is 4. The minimum atomic E-state index is -0.688. The molecule has 0 aliphatic rings. The first-order valence-corrected chi connectivity index (χ1v) is 6.21. The zero-order chi connectivity index (χ0) is 13.8. The van der Waals surface area contributed by atoms with Crippen LogP contribution in [0.15, 0.2) is 40.9 Å². The Morgan fingerprint density at radius 1 is 1.21 bits per heavy atom. The first-order chi connectivity index (χ1) is 9.11. The molecule has 0 heterocycles. The highest BCUT2D eigenvalue weighted by atomic mass is 79.9. The van der Waals surface area contributed by atoms with Crippen molar-refractivity contribution in [3.63, 3.8) is 0 Å². The molecule has 2 rings (SSSR count). The predicted octanol–water partition coefficient (Wildman–Crippen LogP) is 4.12. The van der Waals surface area contributed by atoms with Crippen molar-refractivity contribution >= 4 is 22.2 Å². The highest BCUT2D eigenvalue weighted by molar-refractivity contribution is 9.10. The molecule has 2 aromatic carbocycles. The minimum absolute atomic E-state index is 0.161. The van der Waals surface area contributed by atoms with Gasteiger partial charge < -0.3 is 4.74 Å². The molecular formula is C14H9BrF2O2. The maximum absolute atomic E-state index is 13.7. The fraction of sp³-hybridized carbons (Fsp3) is 0.0714. The summed E-state index contributed by atoms with van der Waals surface area (Å²) >= 11 is 2.99. The van der Waals surface area contributed by atoms with Crippen molar-refractivity contribution < 1.29 is 18.3 Å². The maximum Gasteiger partial charge on any atom is 0.150 e. The lowest BCUT2D eigenvalue weighted by molar-refractivity contribution is 0.112. The van der Waals surface area contributed by atoms with Crippen LogP contribution in [0.4, 0.5) is 8.78 Å². The number of aldehydes is 1. The molecule has 0 radical (unpaired) electrons. The van der Waals surface area contributed by atoms with Crippen molar-refractivity contribution in [2.24, 2.45) is 0 Å². The van der Waals surface area contributed by atoms with Gasteiger partial charge in [-0.25, -0.2) is 8.78 Å². The second-order valence-corrected chi connectivity index (χ2v) is 4.66. The van der Waals surface area contributed by atoms with Gasteiger partial charge in [0.05, 0.1) is 10.0 Å². The van der Waals surface area contributed by atoms with Gasteiger partial charge in [0.25, 0.3) is 0 Å². The molecular weight excluding hydrogens is 318 g/mol. The van der Waals surface area contributed by atoms with Crippen LogP contribution < -0.4 is 4.74 Å². The van der Waals surface area contributed by atoms with Crippen molar-refractivity contribution in [2.45, 2.75) is 6.61 Å². The van der Waals surface area contributed by atoms with E-state index in [0.29, 0.717) is 17.6 Å². The number of hydrogen-bond donors (Lipinski definition) is 0.